The maximum Gasteiger partial charge on any atom is 0.244 e. The quantitative estimate of drug-likeness (QED) is 0.445. The Hall–Kier alpha value is -2.49. The van der Waals surface area contributed by atoms with Crippen molar-refractivity contribution in [3.63, 3.8) is 0 Å². The Balaban J connectivity index is 2.47. The lowest BCUT2D eigenvalue weighted by Gasteiger charge is -2.32. The molecule has 1 unspecified atom stereocenters. The van der Waals surface area contributed by atoms with Crippen molar-refractivity contribution in [2.45, 2.75) is 40.3 Å². The molecule has 0 aromatic heterocycles. The predicted octanol–water partition coefficient (Wildman–Crippen LogP) is 4.27. The number of methoxy groups -OCH3 is 1. The summed E-state index contributed by atoms with van der Waals surface area (Å²) in [4.78, 5) is 27.9. The van der Waals surface area contributed by atoms with E-state index in [9.17, 15) is 18.0 Å². The number of anilines is 1. The first kappa shape index (κ1) is 29.7. The maximum absolute atomic E-state index is 13.7. The molecule has 0 aliphatic heterocycles. The van der Waals surface area contributed by atoms with Crippen molar-refractivity contribution >= 4 is 50.7 Å². The SMILES string of the molecule is COc1ccc(C)cc1N(CC(=O)N(Cc1ccc(Cl)cc1Cl)C(C)C(=O)NCC(C)C)S(C)(=O)=O. The van der Waals surface area contributed by atoms with Crippen LogP contribution >= 0.6 is 23.2 Å². The summed E-state index contributed by atoms with van der Waals surface area (Å²) in [6, 6.07) is 9.00. The van der Waals surface area contributed by atoms with Crippen molar-refractivity contribution in [1.29, 1.82) is 0 Å². The molecule has 198 valence electrons. The van der Waals surface area contributed by atoms with Crippen molar-refractivity contribution in [2.24, 2.45) is 5.92 Å². The monoisotopic (exact) mass is 557 g/mol. The third-order valence-corrected chi connectivity index (χ3v) is 7.20. The molecule has 2 aromatic carbocycles. The van der Waals surface area contributed by atoms with Gasteiger partial charge in [0.1, 0.15) is 18.3 Å². The number of halogens is 2. The Morgan fingerprint density at radius 3 is 2.31 bits per heavy atom. The smallest absolute Gasteiger partial charge is 0.244 e. The number of hydrogen-bond acceptors (Lipinski definition) is 5. The second kappa shape index (κ2) is 12.7. The first-order valence-electron chi connectivity index (χ1n) is 11.4. The summed E-state index contributed by atoms with van der Waals surface area (Å²) < 4.78 is 31.9. The molecule has 0 saturated carbocycles. The van der Waals surface area contributed by atoms with Crippen LogP contribution < -0.4 is 14.4 Å². The summed E-state index contributed by atoms with van der Waals surface area (Å²) in [5, 5.41) is 3.59. The number of carbonyl (C=O) groups is 2. The normalized spacial score (nSPS) is 12.2. The Morgan fingerprint density at radius 2 is 1.75 bits per heavy atom. The Morgan fingerprint density at radius 1 is 1.08 bits per heavy atom. The van der Waals surface area contributed by atoms with Crippen LogP contribution in [0.3, 0.4) is 0 Å². The van der Waals surface area contributed by atoms with E-state index in [2.05, 4.69) is 5.32 Å². The van der Waals surface area contributed by atoms with Crippen LogP contribution in [0.5, 0.6) is 5.75 Å². The molecule has 1 N–H and O–H groups in total. The molecule has 0 aliphatic carbocycles. The zero-order valence-electron chi connectivity index (χ0n) is 21.3. The van der Waals surface area contributed by atoms with E-state index < -0.39 is 28.5 Å². The van der Waals surface area contributed by atoms with E-state index in [1.54, 1.807) is 50.2 Å². The average molecular weight is 559 g/mol. The number of benzene rings is 2. The number of carbonyl (C=O) groups excluding carboxylic acids is 2. The molecule has 0 spiro atoms. The van der Waals surface area contributed by atoms with Crippen molar-refractivity contribution in [2.75, 3.05) is 30.8 Å². The zero-order chi connectivity index (χ0) is 27.2. The lowest BCUT2D eigenvalue weighted by Crippen LogP contribution is -2.51. The highest BCUT2D eigenvalue weighted by molar-refractivity contribution is 7.92. The van der Waals surface area contributed by atoms with Crippen molar-refractivity contribution < 1.29 is 22.7 Å². The molecule has 0 heterocycles. The van der Waals surface area contributed by atoms with Gasteiger partial charge in [0.25, 0.3) is 0 Å². The minimum atomic E-state index is -3.89. The van der Waals surface area contributed by atoms with Gasteiger partial charge in [-0.1, -0.05) is 49.2 Å². The number of ether oxygens (including phenoxy) is 1. The van der Waals surface area contributed by atoms with Gasteiger partial charge < -0.3 is 15.0 Å². The summed E-state index contributed by atoms with van der Waals surface area (Å²) >= 11 is 12.4. The first-order chi connectivity index (χ1) is 16.7. The fourth-order valence-corrected chi connectivity index (χ4v) is 4.77. The van der Waals surface area contributed by atoms with E-state index in [-0.39, 0.29) is 24.1 Å². The van der Waals surface area contributed by atoms with Crippen LogP contribution in [-0.4, -0.2) is 57.6 Å². The molecule has 2 aromatic rings. The summed E-state index contributed by atoms with van der Waals surface area (Å²) in [6.45, 7) is 7.19. The van der Waals surface area contributed by atoms with Gasteiger partial charge in [0, 0.05) is 23.1 Å². The zero-order valence-corrected chi connectivity index (χ0v) is 23.7. The van der Waals surface area contributed by atoms with Crippen LogP contribution in [0.4, 0.5) is 5.69 Å². The van der Waals surface area contributed by atoms with E-state index in [4.69, 9.17) is 27.9 Å². The molecular formula is C25H33Cl2N3O5S. The fraction of sp³-hybridized carbons (Fsp3) is 0.440. The second-order valence-electron chi connectivity index (χ2n) is 9.02. The molecule has 36 heavy (non-hydrogen) atoms. The molecule has 0 aliphatic rings. The third-order valence-electron chi connectivity index (χ3n) is 5.49. The first-order valence-corrected chi connectivity index (χ1v) is 14.0. The number of amides is 2. The molecule has 8 nitrogen and oxygen atoms in total. The van der Waals surface area contributed by atoms with Gasteiger partial charge in [0.05, 0.1) is 19.1 Å². The average Bonchev–Trinajstić information content (AvgIpc) is 2.79. The molecule has 1 atom stereocenters. The minimum Gasteiger partial charge on any atom is -0.495 e. The molecule has 0 bridgehead atoms. The van der Waals surface area contributed by atoms with Crippen LogP contribution in [0.1, 0.15) is 31.9 Å². The largest absolute Gasteiger partial charge is 0.495 e. The van der Waals surface area contributed by atoms with Crippen LogP contribution in [0, 0.1) is 12.8 Å². The molecule has 11 heteroatoms. The predicted molar refractivity (Wildman–Crippen MR) is 144 cm³/mol. The number of aryl methyl sites for hydroxylation is 1. The summed E-state index contributed by atoms with van der Waals surface area (Å²) in [5.41, 5.74) is 1.59. The number of nitrogens with one attached hydrogen (secondary N) is 1. The van der Waals surface area contributed by atoms with E-state index in [1.807, 2.05) is 13.8 Å². The minimum absolute atomic E-state index is 0.0202. The third kappa shape index (κ3) is 8.01. The number of rotatable bonds is 11. The lowest BCUT2D eigenvalue weighted by atomic mass is 10.1. The van der Waals surface area contributed by atoms with Gasteiger partial charge in [0.2, 0.25) is 21.8 Å². The molecule has 0 radical (unpaired) electrons. The van der Waals surface area contributed by atoms with Gasteiger partial charge in [-0.3, -0.25) is 13.9 Å². The number of hydrogen-bond donors (Lipinski definition) is 1. The topological polar surface area (TPSA) is 96.0 Å². The maximum atomic E-state index is 13.7. The second-order valence-corrected chi connectivity index (χ2v) is 11.8. The molecule has 0 fully saturated rings. The van der Waals surface area contributed by atoms with Crippen LogP contribution in [0.2, 0.25) is 10.0 Å². The van der Waals surface area contributed by atoms with Crippen molar-refractivity contribution in [3.8, 4) is 5.75 Å². The van der Waals surface area contributed by atoms with Gasteiger partial charge in [-0.25, -0.2) is 8.42 Å². The fourth-order valence-electron chi connectivity index (χ4n) is 3.46. The summed E-state index contributed by atoms with van der Waals surface area (Å²) in [7, 11) is -2.47. The van der Waals surface area contributed by atoms with Crippen molar-refractivity contribution in [3.05, 3.63) is 57.6 Å². The number of sulfonamides is 1. The van der Waals surface area contributed by atoms with Gasteiger partial charge in [-0.15, -0.1) is 0 Å². The van der Waals surface area contributed by atoms with E-state index in [0.29, 0.717) is 27.9 Å². The van der Waals surface area contributed by atoms with Crippen LogP contribution in [0.15, 0.2) is 36.4 Å². The van der Waals surface area contributed by atoms with Gasteiger partial charge in [0.15, 0.2) is 0 Å². The summed E-state index contributed by atoms with van der Waals surface area (Å²) in [5.74, 6) is -0.428. The van der Waals surface area contributed by atoms with Crippen molar-refractivity contribution in [1.82, 2.24) is 10.2 Å². The highest BCUT2D eigenvalue weighted by Crippen LogP contribution is 2.31. The Labute approximate surface area is 223 Å². The molecule has 2 amide bonds. The highest BCUT2D eigenvalue weighted by Gasteiger charge is 2.31. The highest BCUT2D eigenvalue weighted by atomic mass is 35.5. The van der Waals surface area contributed by atoms with Crippen LogP contribution in [-0.2, 0) is 26.2 Å². The molecule has 2 rings (SSSR count). The van der Waals surface area contributed by atoms with Gasteiger partial charge >= 0.3 is 0 Å². The molecular weight excluding hydrogens is 525 g/mol. The van der Waals surface area contributed by atoms with Gasteiger partial charge in [-0.05, 0) is 55.2 Å². The lowest BCUT2D eigenvalue weighted by molar-refractivity contribution is -0.139. The molecule has 0 saturated heterocycles. The number of nitrogens with zero attached hydrogens (tertiary/aromatic N) is 2. The Bertz CT molecular complexity index is 1200. The van der Waals surface area contributed by atoms with Gasteiger partial charge in [-0.2, -0.15) is 0 Å². The summed E-state index contributed by atoms with van der Waals surface area (Å²) in [6.07, 6.45) is 1.02. The van der Waals surface area contributed by atoms with E-state index in [0.717, 1.165) is 16.1 Å². The van der Waals surface area contributed by atoms with E-state index >= 15 is 0 Å². The van der Waals surface area contributed by atoms with E-state index in [1.165, 1.54) is 12.0 Å². The standard InChI is InChI=1S/C25H33Cl2N3O5S/c1-16(2)13-28-25(32)18(4)29(14-19-8-9-20(26)12-21(19)27)24(31)15-30(36(6,33)34)22-11-17(3)7-10-23(22)35-5/h7-12,16,18H,13-15H2,1-6H3,(H,28,32). The van der Waals surface area contributed by atoms with Crippen LogP contribution in [0.25, 0.3) is 0 Å². The Kier molecular flexibility index (Phi) is 10.5.